The molecule has 0 saturated carbocycles. The Kier molecular flexibility index (Phi) is 6.43. The van der Waals surface area contributed by atoms with Crippen molar-refractivity contribution < 1.29 is 4.74 Å². The number of hydrogen-bond acceptors (Lipinski definition) is 4. The van der Waals surface area contributed by atoms with E-state index >= 15 is 0 Å². The van der Waals surface area contributed by atoms with Crippen molar-refractivity contribution >= 4 is 35.5 Å². The lowest BCUT2D eigenvalue weighted by molar-refractivity contribution is 0.107. The van der Waals surface area contributed by atoms with Crippen LogP contribution in [0.1, 0.15) is 4.88 Å². The van der Waals surface area contributed by atoms with Gasteiger partial charge in [-0.2, -0.15) is 0 Å². The molecule has 1 aromatic heterocycles. The molecule has 0 fully saturated rings. The maximum absolute atomic E-state index is 5.88. The van der Waals surface area contributed by atoms with E-state index in [1.54, 1.807) is 0 Å². The summed E-state index contributed by atoms with van der Waals surface area (Å²) in [6, 6.07) is 19.7. The van der Waals surface area contributed by atoms with Gasteiger partial charge < -0.3 is 9.64 Å². The molecule has 0 aliphatic carbocycles. The van der Waals surface area contributed by atoms with E-state index in [4.69, 9.17) is 4.74 Å². The third-order valence-corrected chi connectivity index (χ3v) is 6.53. The highest BCUT2D eigenvalue weighted by atomic mass is 35.5. The van der Waals surface area contributed by atoms with Crippen LogP contribution in [-0.4, -0.2) is 32.1 Å². The van der Waals surface area contributed by atoms with Gasteiger partial charge in [0, 0.05) is 37.2 Å². The van der Waals surface area contributed by atoms with Crippen molar-refractivity contribution in [2.24, 2.45) is 0 Å². The second-order valence-electron chi connectivity index (χ2n) is 6.41. The van der Waals surface area contributed by atoms with Crippen LogP contribution in [0.3, 0.4) is 0 Å². The Morgan fingerprint density at radius 1 is 0.885 bits per heavy atom. The summed E-state index contributed by atoms with van der Waals surface area (Å²) in [5.74, 6) is 0. The monoisotopic (exact) mass is 403 g/mol. The molecule has 0 N–H and O–H groups in total. The predicted molar refractivity (Wildman–Crippen MR) is 115 cm³/mol. The molecule has 0 saturated heterocycles. The van der Waals surface area contributed by atoms with E-state index in [1.807, 2.05) is 23.1 Å². The van der Waals surface area contributed by atoms with Crippen LogP contribution in [0.4, 0.5) is 0 Å². The molecule has 1 aliphatic rings. The van der Waals surface area contributed by atoms with Gasteiger partial charge in [0.1, 0.15) is 0 Å². The maximum Gasteiger partial charge on any atom is 0.0810 e. The summed E-state index contributed by atoms with van der Waals surface area (Å²) in [5, 5.41) is 0. The summed E-state index contributed by atoms with van der Waals surface area (Å²) in [7, 11) is 4.14. The minimum atomic E-state index is 0. The zero-order valence-corrected chi connectivity index (χ0v) is 17.3. The van der Waals surface area contributed by atoms with Gasteiger partial charge in [-0.3, -0.25) is 0 Å². The Morgan fingerprint density at radius 2 is 1.54 bits per heavy atom. The topological polar surface area (TPSA) is 12.5 Å². The van der Waals surface area contributed by atoms with E-state index in [1.165, 1.54) is 36.2 Å². The van der Waals surface area contributed by atoms with Gasteiger partial charge in [-0.05, 0) is 37.9 Å². The molecule has 26 heavy (non-hydrogen) atoms. The smallest absolute Gasteiger partial charge is 0.0810 e. The number of likely N-dealkylation sites (N-methyl/N-ethyl adjacent to an activating group) is 1. The highest BCUT2D eigenvalue weighted by Crippen LogP contribution is 2.50. The maximum atomic E-state index is 5.88. The molecule has 2 aromatic carbocycles. The number of rotatable bonds is 5. The van der Waals surface area contributed by atoms with E-state index in [2.05, 4.69) is 73.6 Å². The first-order chi connectivity index (χ1) is 12.2. The third-order valence-electron chi connectivity index (χ3n) is 4.24. The van der Waals surface area contributed by atoms with Gasteiger partial charge in [0.2, 0.25) is 0 Å². The first-order valence-corrected chi connectivity index (χ1v) is 10.1. The number of benzene rings is 2. The Morgan fingerprint density at radius 3 is 2.27 bits per heavy atom. The molecule has 0 amide bonds. The lowest BCUT2D eigenvalue weighted by atomic mass is 10.0. The van der Waals surface area contributed by atoms with E-state index < -0.39 is 0 Å². The molecular formula is C21H22ClNOS2. The highest BCUT2D eigenvalue weighted by molar-refractivity contribution is 7.99. The Bertz CT molecular complexity index is 828. The fraction of sp³-hybridized carbons (Fsp3) is 0.238. The summed E-state index contributed by atoms with van der Waals surface area (Å²) in [4.78, 5) is 7.45. The summed E-state index contributed by atoms with van der Waals surface area (Å²) in [6.07, 6.45) is 0. The fourth-order valence-electron chi connectivity index (χ4n) is 2.97. The molecule has 0 atom stereocenters. The van der Waals surface area contributed by atoms with Crippen LogP contribution in [0.2, 0.25) is 0 Å². The second kappa shape index (κ2) is 8.59. The van der Waals surface area contributed by atoms with Crippen molar-refractivity contribution in [1.82, 2.24) is 4.90 Å². The zero-order valence-electron chi connectivity index (χ0n) is 14.9. The molecule has 0 radical (unpaired) electrons. The highest BCUT2D eigenvalue weighted by Gasteiger charge is 2.22. The van der Waals surface area contributed by atoms with E-state index in [0.29, 0.717) is 6.61 Å². The van der Waals surface area contributed by atoms with Gasteiger partial charge >= 0.3 is 0 Å². The molecule has 3 aromatic rings. The number of thiophene rings is 1. The van der Waals surface area contributed by atoms with Gasteiger partial charge in [-0.1, -0.05) is 48.2 Å². The summed E-state index contributed by atoms with van der Waals surface area (Å²) >= 11 is 3.73. The summed E-state index contributed by atoms with van der Waals surface area (Å²) in [6.45, 7) is 2.40. The SMILES string of the molecule is CN(C)CCOCc1cc2c(s1)-c1ccccc1Sc1ccccc1-2.Cl. The molecule has 4 rings (SSSR count). The van der Waals surface area contributed by atoms with Crippen LogP contribution in [0.5, 0.6) is 0 Å². The van der Waals surface area contributed by atoms with E-state index in [0.717, 1.165) is 13.2 Å². The first kappa shape index (κ1) is 19.5. The van der Waals surface area contributed by atoms with Crippen molar-refractivity contribution in [3.63, 3.8) is 0 Å². The van der Waals surface area contributed by atoms with Gasteiger partial charge in [0.15, 0.2) is 0 Å². The molecule has 2 nitrogen and oxygen atoms in total. The lowest BCUT2D eigenvalue weighted by Crippen LogP contribution is -2.17. The predicted octanol–water partition coefficient (Wildman–Crippen LogP) is 6.05. The van der Waals surface area contributed by atoms with Crippen molar-refractivity contribution in [1.29, 1.82) is 0 Å². The van der Waals surface area contributed by atoms with E-state index in [9.17, 15) is 0 Å². The van der Waals surface area contributed by atoms with Crippen LogP contribution in [0.15, 0.2) is 64.4 Å². The average molecular weight is 404 g/mol. The molecule has 5 heteroatoms. The van der Waals surface area contributed by atoms with Crippen LogP contribution >= 0.6 is 35.5 Å². The van der Waals surface area contributed by atoms with Crippen molar-refractivity contribution in [3.05, 3.63) is 59.5 Å². The molecule has 2 heterocycles. The van der Waals surface area contributed by atoms with Crippen molar-refractivity contribution in [2.75, 3.05) is 27.2 Å². The van der Waals surface area contributed by atoms with Crippen molar-refractivity contribution in [2.45, 2.75) is 16.4 Å². The van der Waals surface area contributed by atoms with E-state index in [-0.39, 0.29) is 12.4 Å². The third kappa shape index (κ3) is 4.00. The standard InChI is InChI=1S/C21H21NOS2.ClH/c1-22(2)11-12-23-14-15-13-18-16-7-3-5-9-19(16)25-20-10-6-4-8-17(20)21(18)24-15;/h3-10,13H,11-12,14H2,1-2H3;1H. The fourth-order valence-corrected chi connectivity index (χ4v) is 5.28. The van der Waals surface area contributed by atoms with Crippen LogP contribution in [0.25, 0.3) is 21.6 Å². The first-order valence-electron chi connectivity index (χ1n) is 8.44. The average Bonchev–Trinajstić information content (AvgIpc) is 2.98. The second-order valence-corrected chi connectivity index (χ2v) is 8.63. The largest absolute Gasteiger partial charge is 0.375 e. The zero-order chi connectivity index (χ0) is 17.2. The van der Waals surface area contributed by atoms with Gasteiger partial charge in [-0.15, -0.1) is 23.7 Å². The van der Waals surface area contributed by atoms with Gasteiger partial charge in [-0.25, -0.2) is 0 Å². The lowest BCUT2D eigenvalue weighted by Gasteiger charge is -2.09. The van der Waals surface area contributed by atoms with Crippen LogP contribution in [-0.2, 0) is 11.3 Å². The van der Waals surface area contributed by atoms with Crippen LogP contribution < -0.4 is 0 Å². The molecule has 0 spiro atoms. The molecular weight excluding hydrogens is 382 g/mol. The Labute approximate surface area is 169 Å². The number of hydrogen-bond donors (Lipinski definition) is 0. The number of fused-ring (bicyclic) bond motifs is 5. The summed E-state index contributed by atoms with van der Waals surface area (Å²) < 4.78 is 5.88. The normalized spacial score (nSPS) is 12.0. The molecule has 0 bridgehead atoms. The van der Waals surface area contributed by atoms with Crippen LogP contribution in [0, 0.1) is 0 Å². The minimum absolute atomic E-state index is 0. The van der Waals surface area contributed by atoms with Crippen molar-refractivity contribution in [3.8, 4) is 21.6 Å². The molecule has 0 unspecified atom stereocenters. The Balaban J connectivity index is 0.00000196. The molecule has 136 valence electrons. The quantitative estimate of drug-likeness (QED) is 0.376. The van der Waals surface area contributed by atoms with Gasteiger partial charge in [0.05, 0.1) is 13.2 Å². The number of nitrogens with zero attached hydrogens (tertiary/aromatic N) is 1. The minimum Gasteiger partial charge on any atom is -0.375 e. The number of halogens is 1. The van der Waals surface area contributed by atoms with Gasteiger partial charge in [0.25, 0.3) is 0 Å². The number of ether oxygens (including phenoxy) is 1. The summed E-state index contributed by atoms with van der Waals surface area (Å²) in [5.41, 5.74) is 4.00. The molecule has 1 aliphatic heterocycles. The Hall–Kier alpha value is -1.30.